The van der Waals surface area contributed by atoms with Crippen molar-refractivity contribution in [3.05, 3.63) is 103 Å². The Morgan fingerprint density at radius 2 is 1.14 bits per heavy atom. The van der Waals surface area contributed by atoms with Crippen molar-refractivity contribution in [3.63, 3.8) is 0 Å². The second kappa shape index (κ2) is 8.53. The molecule has 3 aromatic carbocycles. The summed E-state index contributed by atoms with van der Waals surface area (Å²) in [7, 11) is 0. The van der Waals surface area contributed by atoms with Gasteiger partial charge in [-0.3, -0.25) is 9.97 Å². The van der Waals surface area contributed by atoms with Crippen LogP contribution in [0.4, 0.5) is 17.1 Å². The third kappa shape index (κ3) is 3.55. The van der Waals surface area contributed by atoms with Crippen LogP contribution in [0.15, 0.2) is 103 Å². The van der Waals surface area contributed by atoms with Crippen molar-refractivity contribution in [3.8, 4) is 0 Å². The lowest BCUT2D eigenvalue weighted by Gasteiger charge is -2.27. The Morgan fingerprint density at radius 3 is 1.76 bits per heavy atom. The highest BCUT2D eigenvalue weighted by atomic mass is 15.1. The lowest BCUT2D eigenvalue weighted by atomic mass is 10.1. The van der Waals surface area contributed by atoms with E-state index in [-0.39, 0.29) is 0 Å². The molecule has 0 amide bonds. The summed E-state index contributed by atoms with van der Waals surface area (Å²) in [5.74, 6) is 0. The first-order valence-corrected chi connectivity index (χ1v) is 9.94. The second-order valence-corrected chi connectivity index (χ2v) is 6.38. The van der Waals surface area contributed by atoms with Crippen molar-refractivity contribution in [1.29, 1.82) is 0 Å². The van der Waals surface area contributed by atoms with Gasteiger partial charge in [-0.15, -0.1) is 0 Å². The van der Waals surface area contributed by atoms with E-state index in [1.54, 1.807) is 0 Å². The third-order valence-electron chi connectivity index (χ3n) is 4.71. The molecular formula is C26H23N3. The molecule has 29 heavy (non-hydrogen) atoms. The van der Waals surface area contributed by atoms with Gasteiger partial charge in [-0.25, -0.2) is 0 Å². The van der Waals surface area contributed by atoms with Crippen LogP contribution >= 0.6 is 0 Å². The van der Waals surface area contributed by atoms with Gasteiger partial charge < -0.3 is 4.90 Å². The number of fused-ring (bicyclic) bond motifs is 3. The molecule has 2 aromatic heterocycles. The summed E-state index contributed by atoms with van der Waals surface area (Å²) in [6.07, 6.45) is 3.65. The predicted molar refractivity (Wildman–Crippen MR) is 123 cm³/mol. The van der Waals surface area contributed by atoms with Crippen molar-refractivity contribution >= 4 is 38.9 Å². The van der Waals surface area contributed by atoms with Crippen LogP contribution in [-0.2, 0) is 0 Å². The molecule has 0 saturated carbocycles. The van der Waals surface area contributed by atoms with Gasteiger partial charge in [0.2, 0.25) is 0 Å². The molecule has 0 unspecified atom stereocenters. The van der Waals surface area contributed by atoms with E-state index in [4.69, 9.17) is 0 Å². The number of benzene rings is 3. The zero-order valence-electron chi connectivity index (χ0n) is 16.7. The molecule has 0 aliphatic rings. The molecule has 5 rings (SSSR count). The van der Waals surface area contributed by atoms with Crippen LogP contribution in [0.3, 0.4) is 0 Å². The fraction of sp³-hybridized carbons (Fsp3) is 0.0769. The minimum atomic E-state index is 0.919. The average Bonchev–Trinajstić information content (AvgIpc) is 2.82. The Hall–Kier alpha value is -3.72. The van der Waals surface area contributed by atoms with Crippen LogP contribution in [-0.4, -0.2) is 9.97 Å². The van der Waals surface area contributed by atoms with E-state index >= 15 is 0 Å². The lowest BCUT2D eigenvalue weighted by molar-refractivity contribution is 1.29. The molecule has 0 atom stereocenters. The zero-order chi connectivity index (χ0) is 20.1. The molecule has 3 heteroatoms. The maximum absolute atomic E-state index is 4.65. The first kappa shape index (κ1) is 18.6. The number of anilines is 3. The van der Waals surface area contributed by atoms with Crippen molar-refractivity contribution in [1.82, 2.24) is 9.97 Å². The van der Waals surface area contributed by atoms with E-state index in [1.165, 1.54) is 0 Å². The monoisotopic (exact) mass is 377 g/mol. The molecule has 0 fully saturated rings. The highest BCUT2D eigenvalue weighted by Crippen LogP contribution is 2.40. The number of nitrogens with zero attached hydrogens (tertiary/aromatic N) is 3. The second-order valence-electron chi connectivity index (χ2n) is 6.38. The summed E-state index contributed by atoms with van der Waals surface area (Å²) in [6.45, 7) is 4.00. The molecule has 0 aliphatic heterocycles. The minimum absolute atomic E-state index is 0.919. The maximum atomic E-state index is 4.65. The molecule has 0 aliphatic carbocycles. The van der Waals surface area contributed by atoms with Crippen LogP contribution in [0.1, 0.15) is 13.8 Å². The Kier molecular flexibility index (Phi) is 5.48. The fourth-order valence-electron chi connectivity index (χ4n) is 3.52. The molecular weight excluding hydrogens is 354 g/mol. The van der Waals surface area contributed by atoms with E-state index in [0.717, 1.165) is 38.9 Å². The van der Waals surface area contributed by atoms with Gasteiger partial charge >= 0.3 is 0 Å². The number of aromatic nitrogens is 2. The predicted octanol–water partition coefficient (Wildman–Crippen LogP) is 7.28. The van der Waals surface area contributed by atoms with Crippen LogP contribution in [0, 0.1) is 0 Å². The smallest absolute Gasteiger partial charge is 0.0985 e. The van der Waals surface area contributed by atoms with Crippen molar-refractivity contribution < 1.29 is 0 Å². The highest BCUT2D eigenvalue weighted by molar-refractivity contribution is 6.11. The van der Waals surface area contributed by atoms with Gasteiger partial charge in [0, 0.05) is 34.5 Å². The summed E-state index contributed by atoms with van der Waals surface area (Å²) in [6, 6.07) is 31.2. The maximum Gasteiger partial charge on any atom is 0.0985 e. The van der Waals surface area contributed by atoms with Crippen molar-refractivity contribution in [2.24, 2.45) is 0 Å². The molecule has 0 bridgehead atoms. The molecule has 0 N–H and O–H groups in total. The van der Waals surface area contributed by atoms with Gasteiger partial charge in [0.25, 0.3) is 0 Å². The first-order valence-electron chi connectivity index (χ1n) is 9.94. The SMILES string of the molecule is CC.c1ccc(N(c2ccccc2)c2cc3cccnc3c3ncccc23)cc1. The Bertz CT molecular complexity index is 1180. The van der Waals surface area contributed by atoms with E-state index in [0.29, 0.717) is 0 Å². The van der Waals surface area contributed by atoms with Gasteiger partial charge in [0.05, 0.1) is 16.7 Å². The Labute approximate surface area is 171 Å². The van der Waals surface area contributed by atoms with Crippen LogP contribution < -0.4 is 4.90 Å². The summed E-state index contributed by atoms with van der Waals surface area (Å²) in [4.78, 5) is 11.5. The van der Waals surface area contributed by atoms with E-state index in [9.17, 15) is 0 Å². The van der Waals surface area contributed by atoms with Crippen molar-refractivity contribution in [2.75, 3.05) is 4.90 Å². The lowest BCUT2D eigenvalue weighted by Crippen LogP contribution is -2.10. The molecule has 142 valence electrons. The normalized spacial score (nSPS) is 10.4. The van der Waals surface area contributed by atoms with Gasteiger partial charge in [-0.1, -0.05) is 56.3 Å². The summed E-state index contributed by atoms with van der Waals surface area (Å²) < 4.78 is 0. The number of pyridine rings is 2. The molecule has 3 nitrogen and oxygen atoms in total. The standard InChI is InChI=1S/C24H17N3.C2H6/c1-3-10-19(11-4-1)27(20-12-5-2-6-13-20)22-17-18-9-7-15-25-23(18)24-21(22)14-8-16-26-24;1-2/h1-17H;1-2H3. The number of rotatable bonds is 3. The Balaban J connectivity index is 0.000000994. The first-order chi connectivity index (χ1) is 14.4. The van der Waals surface area contributed by atoms with Gasteiger partial charge in [0.15, 0.2) is 0 Å². The number of hydrogen-bond donors (Lipinski definition) is 0. The van der Waals surface area contributed by atoms with Gasteiger partial charge in [0.1, 0.15) is 0 Å². The Morgan fingerprint density at radius 1 is 0.586 bits per heavy atom. The van der Waals surface area contributed by atoms with E-state index in [1.807, 2.05) is 50.5 Å². The minimum Gasteiger partial charge on any atom is -0.310 e. The number of para-hydroxylation sites is 2. The quantitative estimate of drug-likeness (QED) is 0.309. The highest BCUT2D eigenvalue weighted by Gasteiger charge is 2.17. The van der Waals surface area contributed by atoms with E-state index in [2.05, 4.69) is 81.6 Å². The van der Waals surface area contributed by atoms with Crippen LogP contribution in [0.2, 0.25) is 0 Å². The van der Waals surface area contributed by atoms with Crippen LogP contribution in [0.5, 0.6) is 0 Å². The third-order valence-corrected chi connectivity index (χ3v) is 4.71. The fourth-order valence-corrected chi connectivity index (χ4v) is 3.52. The zero-order valence-corrected chi connectivity index (χ0v) is 16.7. The number of hydrogen-bond acceptors (Lipinski definition) is 3. The largest absolute Gasteiger partial charge is 0.310 e. The molecule has 0 spiro atoms. The summed E-state index contributed by atoms with van der Waals surface area (Å²) in [5, 5.41) is 2.16. The molecule has 2 heterocycles. The molecule has 0 radical (unpaired) electrons. The van der Waals surface area contributed by atoms with Crippen LogP contribution in [0.25, 0.3) is 21.8 Å². The molecule has 5 aromatic rings. The topological polar surface area (TPSA) is 29.0 Å². The average molecular weight is 377 g/mol. The van der Waals surface area contributed by atoms with E-state index < -0.39 is 0 Å². The summed E-state index contributed by atoms with van der Waals surface area (Å²) in [5.41, 5.74) is 5.16. The van der Waals surface area contributed by atoms with Gasteiger partial charge in [-0.05, 0) is 48.5 Å². The van der Waals surface area contributed by atoms with Gasteiger partial charge in [-0.2, -0.15) is 0 Å². The molecule has 0 saturated heterocycles. The summed E-state index contributed by atoms with van der Waals surface area (Å²) >= 11 is 0. The van der Waals surface area contributed by atoms with Crippen molar-refractivity contribution in [2.45, 2.75) is 13.8 Å².